The van der Waals surface area contributed by atoms with Gasteiger partial charge in [-0.3, -0.25) is 4.79 Å². The van der Waals surface area contributed by atoms with Crippen molar-refractivity contribution < 1.29 is 14.3 Å². The highest BCUT2D eigenvalue weighted by Crippen LogP contribution is 2.34. The Hall–Kier alpha value is -1.46. The number of benzene rings is 1. The molecule has 3 N–H and O–H groups in total. The lowest BCUT2D eigenvalue weighted by Gasteiger charge is -2.14. The third-order valence-corrected chi connectivity index (χ3v) is 2.65. The molecule has 100 valence electrons. The lowest BCUT2D eigenvalue weighted by Crippen LogP contribution is -2.28. The molecule has 1 atom stereocenters. The summed E-state index contributed by atoms with van der Waals surface area (Å²) >= 11 is 0. The van der Waals surface area contributed by atoms with Gasteiger partial charge in [-0.25, -0.2) is 0 Å². The van der Waals surface area contributed by atoms with E-state index < -0.39 is 0 Å². The SMILES string of the molecule is CC(NC(=O)CCN)c1ccc2c(c1)OCO2.Cl. The van der Waals surface area contributed by atoms with Crippen LogP contribution in [0.1, 0.15) is 24.9 Å². The zero-order valence-electron chi connectivity index (χ0n) is 10.1. The van der Waals surface area contributed by atoms with Crippen LogP contribution < -0.4 is 20.5 Å². The molecule has 1 unspecified atom stereocenters. The van der Waals surface area contributed by atoms with Gasteiger partial charge in [0, 0.05) is 13.0 Å². The fourth-order valence-corrected chi connectivity index (χ4v) is 1.71. The molecule has 1 aromatic rings. The Morgan fingerprint density at radius 1 is 1.44 bits per heavy atom. The maximum Gasteiger partial charge on any atom is 0.231 e. The molecule has 0 bridgehead atoms. The van der Waals surface area contributed by atoms with Crippen LogP contribution in [0.25, 0.3) is 0 Å². The zero-order chi connectivity index (χ0) is 12.3. The Morgan fingerprint density at radius 2 is 2.17 bits per heavy atom. The number of fused-ring (bicyclic) bond motifs is 1. The highest BCUT2D eigenvalue weighted by molar-refractivity contribution is 5.85. The summed E-state index contributed by atoms with van der Waals surface area (Å²) in [5.41, 5.74) is 6.31. The Balaban J connectivity index is 0.00000162. The standard InChI is InChI=1S/C12H16N2O3.ClH/c1-8(14-12(15)4-5-13)9-2-3-10-11(6-9)17-7-16-10;/h2-3,6,8H,4-5,7,13H2,1H3,(H,14,15);1H. The average Bonchev–Trinajstić information content (AvgIpc) is 2.75. The molecular formula is C12H17ClN2O3. The topological polar surface area (TPSA) is 73.6 Å². The van der Waals surface area contributed by atoms with E-state index in [-0.39, 0.29) is 31.1 Å². The first-order valence-corrected chi connectivity index (χ1v) is 5.59. The van der Waals surface area contributed by atoms with Gasteiger partial charge in [0.2, 0.25) is 12.7 Å². The van der Waals surface area contributed by atoms with E-state index in [1.165, 1.54) is 0 Å². The Morgan fingerprint density at radius 3 is 2.89 bits per heavy atom. The highest BCUT2D eigenvalue weighted by Gasteiger charge is 2.16. The van der Waals surface area contributed by atoms with Gasteiger partial charge in [-0.15, -0.1) is 12.4 Å². The second-order valence-corrected chi connectivity index (χ2v) is 3.94. The van der Waals surface area contributed by atoms with E-state index in [2.05, 4.69) is 5.32 Å². The molecule has 0 fully saturated rings. The fourth-order valence-electron chi connectivity index (χ4n) is 1.71. The van der Waals surface area contributed by atoms with Crippen molar-refractivity contribution in [2.75, 3.05) is 13.3 Å². The van der Waals surface area contributed by atoms with Gasteiger partial charge in [-0.1, -0.05) is 6.07 Å². The first-order valence-electron chi connectivity index (χ1n) is 5.59. The number of carbonyl (C=O) groups excluding carboxylic acids is 1. The van der Waals surface area contributed by atoms with Crippen LogP contribution in [0.4, 0.5) is 0 Å². The van der Waals surface area contributed by atoms with Gasteiger partial charge in [0.25, 0.3) is 0 Å². The van der Waals surface area contributed by atoms with Crippen molar-refractivity contribution in [3.05, 3.63) is 23.8 Å². The number of rotatable bonds is 4. The van der Waals surface area contributed by atoms with Crippen molar-refractivity contribution in [1.29, 1.82) is 0 Å². The zero-order valence-corrected chi connectivity index (χ0v) is 11.0. The van der Waals surface area contributed by atoms with Crippen LogP contribution in [0, 0.1) is 0 Å². The summed E-state index contributed by atoms with van der Waals surface area (Å²) in [6, 6.07) is 5.59. The molecule has 1 aliphatic heterocycles. The summed E-state index contributed by atoms with van der Waals surface area (Å²) in [6.07, 6.45) is 0.342. The van der Waals surface area contributed by atoms with Crippen molar-refractivity contribution in [2.24, 2.45) is 5.73 Å². The van der Waals surface area contributed by atoms with Gasteiger partial charge in [0.05, 0.1) is 6.04 Å². The Kier molecular flexibility index (Phi) is 5.25. The third kappa shape index (κ3) is 3.27. The van der Waals surface area contributed by atoms with Crippen molar-refractivity contribution >= 4 is 18.3 Å². The van der Waals surface area contributed by atoms with Crippen molar-refractivity contribution in [3.63, 3.8) is 0 Å². The minimum atomic E-state index is -0.0662. The second kappa shape index (κ2) is 6.47. The maximum atomic E-state index is 11.4. The lowest BCUT2D eigenvalue weighted by atomic mass is 10.1. The van der Waals surface area contributed by atoms with E-state index in [4.69, 9.17) is 15.2 Å². The summed E-state index contributed by atoms with van der Waals surface area (Å²) < 4.78 is 10.5. The van der Waals surface area contributed by atoms with E-state index in [0.29, 0.717) is 13.0 Å². The molecule has 18 heavy (non-hydrogen) atoms. The highest BCUT2D eigenvalue weighted by atomic mass is 35.5. The predicted octanol–water partition coefficient (Wildman–Crippen LogP) is 1.36. The average molecular weight is 273 g/mol. The molecule has 1 amide bonds. The van der Waals surface area contributed by atoms with Crippen LogP contribution >= 0.6 is 12.4 Å². The number of ether oxygens (including phenoxy) is 2. The van der Waals surface area contributed by atoms with E-state index in [1.807, 2.05) is 25.1 Å². The molecule has 0 spiro atoms. The van der Waals surface area contributed by atoms with E-state index in [0.717, 1.165) is 17.1 Å². The normalized spacial score (nSPS) is 13.7. The van der Waals surface area contributed by atoms with E-state index >= 15 is 0 Å². The van der Waals surface area contributed by atoms with Crippen molar-refractivity contribution in [2.45, 2.75) is 19.4 Å². The molecule has 0 aromatic heterocycles. The molecule has 2 rings (SSSR count). The van der Waals surface area contributed by atoms with Crippen molar-refractivity contribution in [1.82, 2.24) is 5.32 Å². The number of nitrogens with one attached hydrogen (secondary N) is 1. The van der Waals surface area contributed by atoms with Crippen LogP contribution in [-0.4, -0.2) is 19.2 Å². The summed E-state index contributed by atoms with van der Waals surface area (Å²) in [5.74, 6) is 1.43. The van der Waals surface area contributed by atoms with Gasteiger partial charge in [-0.2, -0.15) is 0 Å². The van der Waals surface area contributed by atoms with Gasteiger partial charge >= 0.3 is 0 Å². The fraction of sp³-hybridized carbons (Fsp3) is 0.417. The molecule has 0 aliphatic carbocycles. The molecule has 0 saturated carbocycles. The monoisotopic (exact) mass is 272 g/mol. The largest absolute Gasteiger partial charge is 0.454 e. The molecule has 0 radical (unpaired) electrons. The van der Waals surface area contributed by atoms with Crippen LogP contribution in [0.15, 0.2) is 18.2 Å². The summed E-state index contributed by atoms with van der Waals surface area (Å²) in [4.78, 5) is 11.4. The predicted molar refractivity (Wildman–Crippen MR) is 70.0 cm³/mol. The van der Waals surface area contributed by atoms with E-state index in [9.17, 15) is 4.79 Å². The number of halogens is 1. The summed E-state index contributed by atoms with van der Waals surface area (Å²) in [5, 5.41) is 2.87. The molecule has 6 heteroatoms. The molecule has 1 aromatic carbocycles. The molecule has 1 aliphatic rings. The van der Waals surface area contributed by atoms with Crippen LogP contribution in [0.2, 0.25) is 0 Å². The molecule has 1 heterocycles. The minimum Gasteiger partial charge on any atom is -0.454 e. The minimum absolute atomic E-state index is 0. The molecule has 5 nitrogen and oxygen atoms in total. The van der Waals surface area contributed by atoms with Gasteiger partial charge in [0.15, 0.2) is 11.5 Å². The van der Waals surface area contributed by atoms with Gasteiger partial charge < -0.3 is 20.5 Å². The number of hydrogen-bond donors (Lipinski definition) is 2. The maximum absolute atomic E-state index is 11.4. The lowest BCUT2D eigenvalue weighted by molar-refractivity contribution is -0.121. The smallest absolute Gasteiger partial charge is 0.231 e. The number of carbonyl (C=O) groups is 1. The number of amides is 1. The first-order chi connectivity index (χ1) is 8.20. The van der Waals surface area contributed by atoms with Crippen LogP contribution in [0.5, 0.6) is 11.5 Å². The second-order valence-electron chi connectivity index (χ2n) is 3.94. The molecular weight excluding hydrogens is 256 g/mol. The third-order valence-electron chi connectivity index (χ3n) is 2.65. The summed E-state index contributed by atoms with van der Waals surface area (Å²) in [7, 11) is 0. The van der Waals surface area contributed by atoms with Gasteiger partial charge in [-0.05, 0) is 24.6 Å². The van der Waals surface area contributed by atoms with Crippen LogP contribution in [-0.2, 0) is 4.79 Å². The Bertz CT molecular complexity index is 426. The van der Waals surface area contributed by atoms with E-state index in [1.54, 1.807) is 0 Å². The summed E-state index contributed by atoms with van der Waals surface area (Å²) in [6.45, 7) is 2.54. The number of nitrogens with two attached hydrogens (primary N) is 1. The number of hydrogen-bond acceptors (Lipinski definition) is 4. The Labute approximate surface area is 112 Å². The molecule has 0 saturated heterocycles. The first kappa shape index (κ1) is 14.6. The quantitative estimate of drug-likeness (QED) is 0.868. The van der Waals surface area contributed by atoms with Crippen molar-refractivity contribution in [3.8, 4) is 11.5 Å². The van der Waals surface area contributed by atoms with Gasteiger partial charge in [0.1, 0.15) is 0 Å². The van der Waals surface area contributed by atoms with Crippen LogP contribution in [0.3, 0.4) is 0 Å².